The van der Waals surface area contributed by atoms with Gasteiger partial charge in [-0.2, -0.15) is 0 Å². The SMILES string of the molecule is NCc1ccc(CNNCc2cccc(CN)c2)cc1. The van der Waals surface area contributed by atoms with Gasteiger partial charge in [0.1, 0.15) is 0 Å². The lowest BCUT2D eigenvalue weighted by Gasteiger charge is -2.08. The minimum atomic E-state index is 0.578. The molecule has 2 rings (SSSR count). The van der Waals surface area contributed by atoms with Crippen molar-refractivity contribution in [3.8, 4) is 0 Å². The topological polar surface area (TPSA) is 76.1 Å². The third-order valence-corrected chi connectivity index (χ3v) is 3.20. The van der Waals surface area contributed by atoms with E-state index in [2.05, 4.69) is 47.2 Å². The second-order valence-electron chi connectivity index (χ2n) is 4.75. The zero-order valence-electron chi connectivity index (χ0n) is 11.6. The Hall–Kier alpha value is -1.72. The molecule has 2 aromatic carbocycles. The molecule has 0 unspecified atom stereocenters. The number of nitrogens with two attached hydrogens (primary N) is 2. The number of rotatable bonds is 7. The predicted octanol–water partition coefficient (Wildman–Crippen LogP) is 1.40. The van der Waals surface area contributed by atoms with Crippen LogP contribution < -0.4 is 22.3 Å². The molecule has 0 heterocycles. The van der Waals surface area contributed by atoms with Crippen molar-refractivity contribution in [2.45, 2.75) is 26.2 Å². The summed E-state index contributed by atoms with van der Waals surface area (Å²) in [5.74, 6) is 0. The maximum atomic E-state index is 5.63. The fourth-order valence-electron chi connectivity index (χ4n) is 1.99. The van der Waals surface area contributed by atoms with E-state index in [0.29, 0.717) is 13.1 Å². The van der Waals surface area contributed by atoms with E-state index in [4.69, 9.17) is 11.5 Å². The first-order valence-corrected chi connectivity index (χ1v) is 6.83. The van der Waals surface area contributed by atoms with Crippen LogP contribution >= 0.6 is 0 Å². The highest BCUT2D eigenvalue weighted by Crippen LogP contribution is 2.05. The monoisotopic (exact) mass is 270 g/mol. The molecular weight excluding hydrogens is 248 g/mol. The smallest absolute Gasteiger partial charge is 0.0351 e. The van der Waals surface area contributed by atoms with Crippen LogP contribution in [0.15, 0.2) is 48.5 Å². The van der Waals surface area contributed by atoms with E-state index >= 15 is 0 Å². The van der Waals surface area contributed by atoms with Crippen molar-refractivity contribution in [2.75, 3.05) is 0 Å². The lowest BCUT2D eigenvalue weighted by atomic mass is 10.1. The Morgan fingerprint density at radius 1 is 0.650 bits per heavy atom. The van der Waals surface area contributed by atoms with Gasteiger partial charge in [-0.3, -0.25) is 10.9 Å². The lowest BCUT2D eigenvalue weighted by Crippen LogP contribution is -2.30. The molecule has 0 aliphatic carbocycles. The maximum Gasteiger partial charge on any atom is 0.0351 e. The van der Waals surface area contributed by atoms with Crippen LogP contribution in [-0.2, 0) is 26.2 Å². The molecule has 0 radical (unpaired) electrons. The molecule has 0 aliphatic heterocycles. The van der Waals surface area contributed by atoms with Crippen LogP contribution in [-0.4, -0.2) is 0 Å². The Balaban J connectivity index is 1.75. The Morgan fingerprint density at radius 2 is 1.20 bits per heavy atom. The van der Waals surface area contributed by atoms with Crippen molar-refractivity contribution in [3.05, 3.63) is 70.8 Å². The molecule has 0 amide bonds. The second kappa shape index (κ2) is 7.77. The number of benzene rings is 2. The average molecular weight is 270 g/mol. The quantitative estimate of drug-likeness (QED) is 0.453. The normalized spacial score (nSPS) is 10.7. The van der Waals surface area contributed by atoms with E-state index in [1.807, 2.05) is 12.1 Å². The van der Waals surface area contributed by atoms with Crippen LogP contribution in [0.3, 0.4) is 0 Å². The first-order valence-electron chi connectivity index (χ1n) is 6.83. The highest BCUT2D eigenvalue weighted by atomic mass is 15.3. The molecule has 0 saturated heterocycles. The molecule has 0 aliphatic rings. The third-order valence-electron chi connectivity index (χ3n) is 3.20. The number of nitrogens with one attached hydrogen (secondary N) is 2. The Labute approximate surface area is 120 Å². The summed E-state index contributed by atoms with van der Waals surface area (Å²) in [7, 11) is 0. The second-order valence-corrected chi connectivity index (χ2v) is 4.75. The summed E-state index contributed by atoms with van der Waals surface area (Å²) in [6.07, 6.45) is 0. The first kappa shape index (κ1) is 14.7. The van der Waals surface area contributed by atoms with Crippen LogP contribution in [0.4, 0.5) is 0 Å². The average Bonchev–Trinajstić information content (AvgIpc) is 2.52. The number of hydrogen-bond acceptors (Lipinski definition) is 4. The molecule has 4 heteroatoms. The van der Waals surface area contributed by atoms with Crippen LogP contribution in [0.1, 0.15) is 22.3 Å². The molecule has 0 saturated carbocycles. The van der Waals surface area contributed by atoms with Gasteiger partial charge in [-0.05, 0) is 22.3 Å². The van der Waals surface area contributed by atoms with Gasteiger partial charge < -0.3 is 11.5 Å². The van der Waals surface area contributed by atoms with Crippen molar-refractivity contribution in [3.63, 3.8) is 0 Å². The van der Waals surface area contributed by atoms with E-state index < -0.39 is 0 Å². The molecule has 0 bridgehead atoms. The molecule has 4 nitrogen and oxygen atoms in total. The zero-order valence-corrected chi connectivity index (χ0v) is 11.6. The van der Waals surface area contributed by atoms with Crippen molar-refractivity contribution in [1.82, 2.24) is 10.9 Å². The molecule has 0 aromatic heterocycles. The van der Waals surface area contributed by atoms with Crippen molar-refractivity contribution >= 4 is 0 Å². The highest BCUT2D eigenvalue weighted by Gasteiger charge is 1.96. The number of hydrazine groups is 1. The van der Waals surface area contributed by atoms with Gasteiger partial charge in [0.2, 0.25) is 0 Å². The minimum Gasteiger partial charge on any atom is -0.326 e. The van der Waals surface area contributed by atoms with Crippen LogP contribution in [0.5, 0.6) is 0 Å². The molecule has 6 N–H and O–H groups in total. The maximum absolute atomic E-state index is 5.63. The third kappa shape index (κ3) is 4.43. The van der Waals surface area contributed by atoms with Gasteiger partial charge in [0.25, 0.3) is 0 Å². The summed E-state index contributed by atoms with van der Waals surface area (Å²) in [5.41, 5.74) is 22.4. The van der Waals surface area contributed by atoms with Gasteiger partial charge >= 0.3 is 0 Å². The van der Waals surface area contributed by atoms with Gasteiger partial charge in [-0.1, -0.05) is 48.5 Å². The molecule has 106 valence electrons. The molecule has 0 atom stereocenters. The number of hydrogen-bond donors (Lipinski definition) is 4. The molecule has 2 aromatic rings. The fraction of sp³-hybridized carbons (Fsp3) is 0.250. The Kier molecular flexibility index (Phi) is 5.70. The van der Waals surface area contributed by atoms with Crippen LogP contribution in [0.25, 0.3) is 0 Å². The van der Waals surface area contributed by atoms with Gasteiger partial charge in [-0.25, -0.2) is 0 Å². The van der Waals surface area contributed by atoms with Crippen molar-refractivity contribution < 1.29 is 0 Å². The lowest BCUT2D eigenvalue weighted by molar-refractivity contribution is 0.529. The van der Waals surface area contributed by atoms with Gasteiger partial charge in [-0.15, -0.1) is 0 Å². The van der Waals surface area contributed by atoms with Gasteiger partial charge in [0.05, 0.1) is 0 Å². The predicted molar refractivity (Wildman–Crippen MR) is 82.3 cm³/mol. The van der Waals surface area contributed by atoms with E-state index in [1.165, 1.54) is 11.1 Å². The van der Waals surface area contributed by atoms with E-state index in [0.717, 1.165) is 24.2 Å². The molecule has 20 heavy (non-hydrogen) atoms. The van der Waals surface area contributed by atoms with Gasteiger partial charge in [0, 0.05) is 26.2 Å². The summed E-state index contributed by atoms with van der Waals surface area (Å²) in [5, 5.41) is 0. The summed E-state index contributed by atoms with van der Waals surface area (Å²) in [6, 6.07) is 16.6. The fourth-order valence-corrected chi connectivity index (χ4v) is 1.99. The summed E-state index contributed by atoms with van der Waals surface area (Å²) in [6.45, 7) is 2.72. The van der Waals surface area contributed by atoms with E-state index in [1.54, 1.807) is 0 Å². The summed E-state index contributed by atoms with van der Waals surface area (Å²) < 4.78 is 0. The summed E-state index contributed by atoms with van der Waals surface area (Å²) in [4.78, 5) is 0. The largest absolute Gasteiger partial charge is 0.326 e. The van der Waals surface area contributed by atoms with E-state index in [9.17, 15) is 0 Å². The van der Waals surface area contributed by atoms with Gasteiger partial charge in [0.15, 0.2) is 0 Å². The first-order chi connectivity index (χ1) is 9.81. The molecular formula is C16H22N4. The zero-order chi connectivity index (χ0) is 14.2. The highest BCUT2D eigenvalue weighted by molar-refractivity contribution is 5.23. The molecule has 0 fully saturated rings. The summed E-state index contributed by atoms with van der Waals surface area (Å²) >= 11 is 0. The molecule has 0 spiro atoms. The Bertz CT molecular complexity index is 522. The Morgan fingerprint density at radius 3 is 1.85 bits per heavy atom. The van der Waals surface area contributed by atoms with Crippen molar-refractivity contribution in [2.24, 2.45) is 11.5 Å². The van der Waals surface area contributed by atoms with E-state index in [-0.39, 0.29) is 0 Å². The van der Waals surface area contributed by atoms with Crippen molar-refractivity contribution in [1.29, 1.82) is 0 Å². The minimum absolute atomic E-state index is 0.578. The standard InChI is InChI=1S/C16H22N4/c17-9-13-4-6-14(7-5-13)11-19-20-12-16-3-1-2-15(8-16)10-18/h1-8,19-20H,9-12,17-18H2. The van der Waals surface area contributed by atoms with Crippen LogP contribution in [0, 0.1) is 0 Å². The van der Waals surface area contributed by atoms with Crippen LogP contribution in [0.2, 0.25) is 0 Å².